The highest BCUT2D eigenvalue weighted by molar-refractivity contribution is 5.97. The van der Waals surface area contributed by atoms with Gasteiger partial charge in [-0.2, -0.15) is 0 Å². The van der Waals surface area contributed by atoms with Crippen molar-refractivity contribution in [2.45, 2.75) is 45.8 Å². The molecule has 184 valence electrons. The van der Waals surface area contributed by atoms with E-state index in [4.69, 9.17) is 9.47 Å². The van der Waals surface area contributed by atoms with E-state index in [9.17, 15) is 19.1 Å². The number of carbonyl (C=O) groups excluding carboxylic acids is 2. The van der Waals surface area contributed by atoms with Gasteiger partial charge in [0.1, 0.15) is 18.0 Å². The normalized spacial score (nSPS) is 13.4. The van der Waals surface area contributed by atoms with Crippen LogP contribution in [0.2, 0.25) is 0 Å². The minimum Gasteiger partial charge on any atom is -0.503 e. The predicted molar refractivity (Wildman–Crippen MR) is 129 cm³/mol. The molecule has 0 saturated heterocycles. The fourth-order valence-electron chi connectivity index (χ4n) is 3.91. The second-order valence-corrected chi connectivity index (χ2v) is 8.44. The number of rotatable bonds is 8. The molecule has 2 N–H and O–H groups in total. The van der Waals surface area contributed by atoms with Crippen molar-refractivity contribution in [3.05, 3.63) is 88.5 Å². The molecule has 3 rings (SSSR count). The Kier molecular flexibility index (Phi) is 8.06. The van der Waals surface area contributed by atoms with Crippen molar-refractivity contribution < 1.29 is 28.6 Å². The van der Waals surface area contributed by atoms with E-state index in [1.807, 2.05) is 38.1 Å². The first-order valence-corrected chi connectivity index (χ1v) is 11.2. The SMILES string of the molecule is COc1ccnc(C(=O)N[C@@H](C)C(=O)O[C@@H](C)[C@H](c2ccc(C)cc2)c2ccc(F)cc2C)c1O. The van der Waals surface area contributed by atoms with E-state index >= 15 is 0 Å². The van der Waals surface area contributed by atoms with Crippen LogP contribution in [0.15, 0.2) is 54.7 Å². The number of nitrogens with zero attached hydrogens (tertiary/aromatic N) is 1. The summed E-state index contributed by atoms with van der Waals surface area (Å²) in [6.45, 7) is 7.03. The monoisotopic (exact) mass is 480 g/mol. The molecular weight excluding hydrogens is 451 g/mol. The number of amides is 1. The van der Waals surface area contributed by atoms with Crippen LogP contribution in [0.25, 0.3) is 0 Å². The molecule has 35 heavy (non-hydrogen) atoms. The molecule has 0 saturated carbocycles. The second kappa shape index (κ2) is 11.0. The molecule has 0 bridgehead atoms. The maximum Gasteiger partial charge on any atom is 0.328 e. The van der Waals surface area contributed by atoms with E-state index in [1.54, 1.807) is 13.0 Å². The number of aromatic hydroxyl groups is 1. The number of benzene rings is 2. The Labute approximate surface area is 203 Å². The van der Waals surface area contributed by atoms with Gasteiger partial charge >= 0.3 is 5.97 Å². The van der Waals surface area contributed by atoms with Crippen molar-refractivity contribution >= 4 is 11.9 Å². The maximum absolute atomic E-state index is 13.8. The molecule has 1 amide bonds. The van der Waals surface area contributed by atoms with Gasteiger partial charge in [0, 0.05) is 18.2 Å². The zero-order valence-corrected chi connectivity index (χ0v) is 20.3. The van der Waals surface area contributed by atoms with Gasteiger partial charge in [-0.1, -0.05) is 35.9 Å². The Bertz CT molecular complexity index is 1210. The first-order chi connectivity index (χ1) is 16.6. The minimum atomic E-state index is -1.02. The first kappa shape index (κ1) is 25.7. The predicted octanol–water partition coefficient (Wildman–Crippen LogP) is 4.43. The molecule has 0 radical (unpaired) electrons. The summed E-state index contributed by atoms with van der Waals surface area (Å²) in [5, 5.41) is 12.7. The van der Waals surface area contributed by atoms with Gasteiger partial charge in [0.15, 0.2) is 17.2 Å². The minimum absolute atomic E-state index is 0.0876. The van der Waals surface area contributed by atoms with E-state index in [0.717, 1.165) is 22.3 Å². The third kappa shape index (κ3) is 5.95. The molecule has 3 aromatic rings. The number of esters is 1. The summed E-state index contributed by atoms with van der Waals surface area (Å²) in [7, 11) is 1.35. The number of halogens is 1. The Hall–Kier alpha value is -3.94. The van der Waals surface area contributed by atoms with Gasteiger partial charge < -0.3 is 19.9 Å². The summed E-state index contributed by atoms with van der Waals surface area (Å²) < 4.78 is 24.5. The summed E-state index contributed by atoms with van der Waals surface area (Å²) in [4.78, 5) is 29.3. The van der Waals surface area contributed by atoms with Crippen molar-refractivity contribution in [1.82, 2.24) is 10.3 Å². The van der Waals surface area contributed by atoms with Gasteiger partial charge in [0.25, 0.3) is 5.91 Å². The van der Waals surface area contributed by atoms with Crippen LogP contribution in [0, 0.1) is 19.7 Å². The number of nitrogens with one attached hydrogen (secondary N) is 1. The lowest BCUT2D eigenvalue weighted by atomic mass is 9.84. The lowest BCUT2D eigenvalue weighted by molar-refractivity contribution is -0.150. The smallest absolute Gasteiger partial charge is 0.328 e. The van der Waals surface area contributed by atoms with Crippen LogP contribution in [-0.2, 0) is 9.53 Å². The number of hydrogen-bond donors (Lipinski definition) is 2. The van der Waals surface area contributed by atoms with Crippen molar-refractivity contribution in [2.24, 2.45) is 0 Å². The van der Waals surface area contributed by atoms with Crippen molar-refractivity contribution in [3.63, 3.8) is 0 Å². The van der Waals surface area contributed by atoms with Gasteiger partial charge in [-0.15, -0.1) is 0 Å². The number of aromatic nitrogens is 1. The molecule has 1 aromatic heterocycles. The molecule has 0 aliphatic carbocycles. The molecule has 8 heteroatoms. The summed E-state index contributed by atoms with van der Waals surface area (Å²) in [5.41, 5.74) is 3.29. The summed E-state index contributed by atoms with van der Waals surface area (Å²) in [6.07, 6.45) is 0.687. The van der Waals surface area contributed by atoms with E-state index in [2.05, 4.69) is 10.3 Å². The highest BCUT2D eigenvalue weighted by Gasteiger charge is 2.29. The van der Waals surface area contributed by atoms with Crippen molar-refractivity contribution in [3.8, 4) is 11.5 Å². The van der Waals surface area contributed by atoms with E-state index in [0.29, 0.717) is 0 Å². The zero-order chi connectivity index (χ0) is 25.7. The number of ether oxygens (including phenoxy) is 2. The Morgan fingerprint density at radius 3 is 2.37 bits per heavy atom. The summed E-state index contributed by atoms with van der Waals surface area (Å²) >= 11 is 0. The van der Waals surface area contributed by atoms with Crippen LogP contribution in [0.1, 0.15) is 52.5 Å². The van der Waals surface area contributed by atoms with Gasteiger partial charge in [0.2, 0.25) is 0 Å². The number of carbonyl (C=O) groups is 2. The molecular formula is C27H29FN2O5. The van der Waals surface area contributed by atoms with Gasteiger partial charge in [-0.05, 0) is 56.5 Å². The van der Waals surface area contributed by atoms with Gasteiger partial charge in [-0.3, -0.25) is 4.79 Å². The topological polar surface area (TPSA) is 97.8 Å². The Morgan fingerprint density at radius 1 is 1.06 bits per heavy atom. The molecule has 0 fully saturated rings. The van der Waals surface area contributed by atoms with Crippen LogP contribution in [0.4, 0.5) is 4.39 Å². The lowest BCUT2D eigenvalue weighted by Gasteiger charge is -2.28. The van der Waals surface area contributed by atoms with E-state index in [1.165, 1.54) is 38.4 Å². The molecule has 3 atom stereocenters. The largest absolute Gasteiger partial charge is 0.503 e. The summed E-state index contributed by atoms with van der Waals surface area (Å²) in [5.74, 6) is -2.44. The van der Waals surface area contributed by atoms with Crippen molar-refractivity contribution in [2.75, 3.05) is 7.11 Å². The molecule has 7 nitrogen and oxygen atoms in total. The Morgan fingerprint density at radius 2 is 1.74 bits per heavy atom. The number of aryl methyl sites for hydroxylation is 2. The lowest BCUT2D eigenvalue weighted by Crippen LogP contribution is -2.41. The average molecular weight is 481 g/mol. The highest BCUT2D eigenvalue weighted by Crippen LogP contribution is 2.33. The van der Waals surface area contributed by atoms with Crippen molar-refractivity contribution in [1.29, 1.82) is 0 Å². The fourth-order valence-corrected chi connectivity index (χ4v) is 3.91. The molecule has 0 unspecified atom stereocenters. The standard InChI is InChI=1S/C27H29FN2O5/c1-15-6-8-19(9-7-15)23(21-11-10-20(28)14-16(21)2)18(4)35-27(33)17(3)30-26(32)24-25(31)22(34-5)12-13-29-24/h6-14,17-18,23,31H,1-5H3,(H,30,32)/t17-,18-,23+/m0/s1. The molecule has 1 heterocycles. The molecule has 0 spiro atoms. The molecule has 0 aliphatic heterocycles. The second-order valence-electron chi connectivity index (χ2n) is 8.44. The van der Waals surface area contributed by atoms with Crippen LogP contribution < -0.4 is 10.1 Å². The zero-order valence-electron chi connectivity index (χ0n) is 20.3. The van der Waals surface area contributed by atoms with Gasteiger partial charge in [0.05, 0.1) is 7.11 Å². The summed E-state index contributed by atoms with van der Waals surface area (Å²) in [6, 6.07) is 12.8. The van der Waals surface area contributed by atoms with E-state index in [-0.39, 0.29) is 23.2 Å². The quantitative estimate of drug-likeness (QED) is 0.463. The van der Waals surface area contributed by atoms with Crippen LogP contribution >= 0.6 is 0 Å². The fraction of sp³-hybridized carbons (Fsp3) is 0.296. The van der Waals surface area contributed by atoms with Gasteiger partial charge in [-0.25, -0.2) is 14.2 Å². The van der Waals surface area contributed by atoms with Crippen LogP contribution in [-0.4, -0.2) is 41.2 Å². The number of hydrogen-bond acceptors (Lipinski definition) is 6. The highest BCUT2D eigenvalue weighted by atomic mass is 19.1. The first-order valence-electron chi connectivity index (χ1n) is 11.2. The molecule has 2 aromatic carbocycles. The third-order valence-electron chi connectivity index (χ3n) is 5.80. The Balaban J connectivity index is 1.80. The average Bonchev–Trinajstić information content (AvgIpc) is 2.81. The third-order valence-corrected chi connectivity index (χ3v) is 5.80. The van der Waals surface area contributed by atoms with Crippen LogP contribution in [0.3, 0.4) is 0 Å². The molecule has 0 aliphatic rings. The van der Waals surface area contributed by atoms with E-state index < -0.39 is 29.8 Å². The van der Waals surface area contributed by atoms with Crippen LogP contribution in [0.5, 0.6) is 11.5 Å². The number of pyridine rings is 1. The maximum atomic E-state index is 13.8. The number of methoxy groups -OCH3 is 1.